The van der Waals surface area contributed by atoms with Crippen molar-refractivity contribution in [3.8, 4) is 0 Å². The van der Waals surface area contributed by atoms with Crippen LogP contribution in [0.5, 0.6) is 0 Å². The Balaban J connectivity index is 1.84. The van der Waals surface area contributed by atoms with E-state index < -0.39 is 0 Å². The van der Waals surface area contributed by atoms with Crippen molar-refractivity contribution >= 4 is 21.6 Å². The fraction of sp³-hybridized carbons (Fsp3) is 0.250. The van der Waals surface area contributed by atoms with Crippen LogP contribution in [0.1, 0.15) is 5.56 Å². The Morgan fingerprint density at radius 2 is 2.31 bits per heavy atom. The molecule has 3 nitrogen and oxygen atoms in total. The van der Waals surface area contributed by atoms with Crippen molar-refractivity contribution in [2.45, 2.75) is 13.5 Å². The minimum Gasteiger partial charge on any atom is -0.383 e. The van der Waals surface area contributed by atoms with Gasteiger partial charge in [0.15, 0.2) is 0 Å². The van der Waals surface area contributed by atoms with Crippen LogP contribution >= 0.6 is 15.9 Å². The average Bonchev–Trinajstić information content (AvgIpc) is 2.64. The molecular weight excluding hydrogens is 266 g/mol. The summed E-state index contributed by atoms with van der Waals surface area (Å²) in [7, 11) is 0. The lowest BCUT2D eigenvalue weighted by atomic mass is 10.2. The minimum atomic E-state index is 0.861. The van der Waals surface area contributed by atoms with Gasteiger partial charge in [-0.05, 0) is 40.5 Å². The summed E-state index contributed by atoms with van der Waals surface area (Å²) in [5, 5.41) is 7.56. The number of hydrogen-bond donors (Lipinski definition) is 1. The molecule has 0 aliphatic heterocycles. The molecule has 1 aromatic carbocycles. The second kappa shape index (κ2) is 5.16. The van der Waals surface area contributed by atoms with Gasteiger partial charge in [-0.3, -0.25) is 4.68 Å². The third-order valence-electron chi connectivity index (χ3n) is 2.29. The molecule has 0 radical (unpaired) electrons. The molecule has 0 saturated heterocycles. The van der Waals surface area contributed by atoms with E-state index >= 15 is 0 Å². The monoisotopic (exact) mass is 279 g/mol. The van der Waals surface area contributed by atoms with Gasteiger partial charge in [0.2, 0.25) is 0 Å². The predicted molar refractivity (Wildman–Crippen MR) is 69.6 cm³/mol. The normalized spacial score (nSPS) is 10.4. The number of aryl methyl sites for hydroxylation is 1. The van der Waals surface area contributed by atoms with E-state index in [4.69, 9.17) is 0 Å². The molecule has 0 unspecified atom stereocenters. The van der Waals surface area contributed by atoms with Crippen LogP contribution in [0, 0.1) is 6.92 Å². The largest absolute Gasteiger partial charge is 0.383 e. The van der Waals surface area contributed by atoms with Gasteiger partial charge < -0.3 is 5.32 Å². The van der Waals surface area contributed by atoms with Gasteiger partial charge >= 0.3 is 0 Å². The number of anilines is 1. The van der Waals surface area contributed by atoms with Crippen molar-refractivity contribution < 1.29 is 0 Å². The summed E-state index contributed by atoms with van der Waals surface area (Å²) in [4.78, 5) is 0. The molecule has 84 valence electrons. The Morgan fingerprint density at radius 3 is 3.00 bits per heavy atom. The summed E-state index contributed by atoms with van der Waals surface area (Å²) in [6.45, 7) is 3.83. The van der Waals surface area contributed by atoms with E-state index in [0.29, 0.717) is 0 Å². The van der Waals surface area contributed by atoms with Crippen molar-refractivity contribution in [1.82, 2.24) is 9.78 Å². The SMILES string of the molecule is Cc1cccc(NCCn2cc(Br)cn2)c1. The first-order valence-corrected chi connectivity index (χ1v) is 6.02. The molecule has 16 heavy (non-hydrogen) atoms. The van der Waals surface area contributed by atoms with E-state index in [-0.39, 0.29) is 0 Å². The highest BCUT2D eigenvalue weighted by molar-refractivity contribution is 9.10. The first kappa shape index (κ1) is 11.2. The molecule has 0 amide bonds. The van der Waals surface area contributed by atoms with Crippen molar-refractivity contribution in [2.24, 2.45) is 0 Å². The Morgan fingerprint density at radius 1 is 1.44 bits per heavy atom. The maximum Gasteiger partial charge on any atom is 0.0632 e. The molecule has 1 aromatic heterocycles. The Bertz CT molecular complexity index is 465. The summed E-state index contributed by atoms with van der Waals surface area (Å²) in [6, 6.07) is 8.36. The van der Waals surface area contributed by atoms with Crippen molar-refractivity contribution in [3.05, 3.63) is 46.7 Å². The van der Waals surface area contributed by atoms with Crippen LogP contribution in [0.2, 0.25) is 0 Å². The fourth-order valence-electron chi connectivity index (χ4n) is 1.53. The van der Waals surface area contributed by atoms with Crippen LogP contribution in [0.15, 0.2) is 41.1 Å². The number of hydrogen-bond acceptors (Lipinski definition) is 2. The van der Waals surface area contributed by atoms with Gasteiger partial charge in [0.05, 0.1) is 17.2 Å². The van der Waals surface area contributed by atoms with Crippen LogP contribution in [0.4, 0.5) is 5.69 Å². The second-order valence-corrected chi connectivity index (χ2v) is 4.63. The van der Waals surface area contributed by atoms with E-state index in [0.717, 1.165) is 23.2 Å². The first-order valence-electron chi connectivity index (χ1n) is 5.22. The zero-order chi connectivity index (χ0) is 11.4. The number of halogens is 1. The van der Waals surface area contributed by atoms with Crippen LogP contribution in [0.25, 0.3) is 0 Å². The van der Waals surface area contributed by atoms with Gasteiger partial charge in [-0.15, -0.1) is 0 Å². The van der Waals surface area contributed by atoms with E-state index in [1.54, 1.807) is 6.20 Å². The number of nitrogens with zero attached hydrogens (tertiary/aromatic N) is 2. The van der Waals surface area contributed by atoms with Gasteiger partial charge in [0.25, 0.3) is 0 Å². The minimum absolute atomic E-state index is 0.861. The molecule has 2 aromatic rings. The van der Waals surface area contributed by atoms with E-state index in [1.165, 1.54) is 5.56 Å². The van der Waals surface area contributed by atoms with Crippen LogP contribution in [-0.2, 0) is 6.54 Å². The lowest BCUT2D eigenvalue weighted by molar-refractivity contribution is 0.637. The summed E-state index contributed by atoms with van der Waals surface area (Å²) < 4.78 is 2.93. The van der Waals surface area contributed by atoms with Crippen LogP contribution in [0.3, 0.4) is 0 Å². The molecule has 0 spiro atoms. The van der Waals surface area contributed by atoms with Crippen LogP contribution in [-0.4, -0.2) is 16.3 Å². The summed E-state index contributed by atoms with van der Waals surface area (Å²) >= 11 is 3.37. The van der Waals surface area contributed by atoms with Crippen molar-refractivity contribution in [3.63, 3.8) is 0 Å². The number of rotatable bonds is 4. The highest BCUT2D eigenvalue weighted by atomic mass is 79.9. The molecule has 0 aliphatic carbocycles. The maximum atomic E-state index is 4.19. The molecule has 0 bridgehead atoms. The van der Waals surface area contributed by atoms with E-state index in [9.17, 15) is 0 Å². The number of aromatic nitrogens is 2. The van der Waals surface area contributed by atoms with Crippen molar-refractivity contribution in [2.75, 3.05) is 11.9 Å². The average molecular weight is 280 g/mol. The van der Waals surface area contributed by atoms with Crippen molar-refractivity contribution in [1.29, 1.82) is 0 Å². The third-order valence-corrected chi connectivity index (χ3v) is 2.70. The highest BCUT2D eigenvalue weighted by Gasteiger charge is 1.95. The molecule has 1 N–H and O–H groups in total. The number of benzene rings is 1. The van der Waals surface area contributed by atoms with Crippen LogP contribution < -0.4 is 5.32 Å². The zero-order valence-corrected chi connectivity index (χ0v) is 10.7. The molecule has 4 heteroatoms. The summed E-state index contributed by atoms with van der Waals surface area (Å²) in [5.74, 6) is 0. The van der Waals surface area contributed by atoms with Gasteiger partial charge in [-0.1, -0.05) is 12.1 Å². The lowest BCUT2D eigenvalue weighted by Gasteiger charge is -2.06. The van der Waals surface area contributed by atoms with Gasteiger partial charge in [-0.2, -0.15) is 5.10 Å². The van der Waals surface area contributed by atoms with E-state index in [1.807, 2.05) is 10.9 Å². The Kier molecular flexibility index (Phi) is 3.62. The highest BCUT2D eigenvalue weighted by Crippen LogP contribution is 2.09. The topological polar surface area (TPSA) is 29.9 Å². The molecule has 2 rings (SSSR count). The zero-order valence-electron chi connectivity index (χ0n) is 9.15. The molecule has 1 heterocycles. The molecular formula is C12H14BrN3. The number of nitrogens with one attached hydrogen (secondary N) is 1. The molecule has 0 saturated carbocycles. The second-order valence-electron chi connectivity index (χ2n) is 3.72. The molecule has 0 fully saturated rings. The summed E-state index contributed by atoms with van der Waals surface area (Å²) in [6.07, 6.45) is 3.77. The third kappa shape index (κ3) is 3.10. The quantitative estimate of drug-likeness (QED) is 0.932. The fourth-order valence-corrected chi connectivity index (χ4v) is 1.86. The standard InChI is InChI=1S/C12H14BrN3/c1-10-3-2-4-12(7-10)14-5-6-16-9-11(13)8-15-16/h2-4,7-9,14H,5-6H2,1H3. The first-order chi connectivity index (χ1) is 7.74. The lowest BCUT2D eigenvalue weighted by Crippen LogP contribution is -2.10. The Labute approximate surface area is 104 Å². The molecule has 0 atom stereocenters. The predicted octanol–water partition coefficient (Wildman–Crippen LogP) is 3.07. The van der Waals surface area contributed by atoms with E-state index in [2.05, 4.69) is 57.5 Å². The van der Waals surface area contributed by atoms with Gasteiger partial charge in [0, 0.05) is 18.4 Å². The summed E-state index contributed by atoms with van der Waals surface area (Å²) in [5.41, 5.74) is 2.43. The smallest absolute Gasteiger partial charge is 0.0632 e. The maximum absolute atomic E-state index is 4.19. The Hall–Kier alpha value is -1.29. The van der Waals surface area contributed by atoms with Gasteiger partial charge in [-0.25, -0.2) is 0 Å². The molecule has 0 aliphatic rings. The van der Waals surface area contributed by atoms with Gasteiger partial charge in [0.1, 0.15) is 0 Å².